The molecule has 0 saturated heterocycles. The van der Waals surface area contributed by atoms with E-state index in [1.54, 1.807) is 0 Å². The maximum Gasteiger partial charge on any atom is 0.223 e. The topological polar surface area (TPSA) is 85.8 Å². The van der Waals surface area contributed by atoms with Crippen molar-refractivity contribution in [3.63, 3.8) is 0 Å². The van der Waals surface area contributed by atoms with E-state index in [1.807, 2.05) is 11.6 Å². The van der Waals surface area contributed by atoms with Gasteiger partial charge in [0.25, 0.3) is 0 Å². The quantitative estimate of drug-likeness (QED) is 0.857. The van der Waals surface area contributed by atoms with Crippen LogP contribution in [0, 0.1) is 24.7 Å². The van der Waals surface area contributed by atoms with Crippen LogP contribution in [0.4, 0.5) is 0 Å². The highest BCUT2D eigenvalue weighted by Gasteiger charge is 2.40. The van der Waals surface area contributed by atoms with Gasteiger partial charge in [0.15, 0.2) is 0 Å². The lowest BCUT2D eigenvalue weighted by molar-refractivity contribution is -0.128. The minimum atomic E-state index is 0.156. The van der Waals surface area contributed by atoms with Gasteiger partial charge in [-0.2, -0.15) is 5.10 Å². The van der Waals surface area contributed by atoms with Gasteiger partial charge in [-0.25, -0.2) is 9.67 Å². The third-order valence-electron chi connectivity index (χ3n) is 6.09. The molecule has 3 atom stereocenters. The lowest BCUT2D eigenvalue weighted by Crippen LogP contribution is -2.51. The van der Waals surface area contributed by atoms with E-state index in [-0.39, 0.29) is 17.9 Å². The van der Waals surface area contributed by atoms with Crippen molar-refractivity contribution in [1.29, 1.82) is 0 Å². The Morgan fingerprint density at radius 1 is 1.26 bits per heavy atom. The summed E-state index contributed by atoms with van der Waals surface area (Å²) in [5.41, 5.74) is 6.34. The van der Waals surface area contributed by atoms with Crippen molar-refractivity contribution >= 4 is 5.91 Å². The zero-order valence-corrected chi connectivity index (χ0v) is 13.9. The summed E-state index contributed by atoms with van der Waals surface area (Å²) in [5, 5.41) is 7.69. The van der Waals surface area contributed by atoms with Crippen LogP contribution in [0.5, 0.6) is 0 Å². The van der Waals surface area contributed by atoms with Crippen LogP contribution in [0.15, 0.2) is 0 Å². The van der Waals surface area contributed by atoms with E-state index >= 15 is 0 Å². The first-order valence-electron chi connectivity index (χ1n) is 9.06. The second kappa shape index (κ2) is 5.89. The molecule has 2 saturated carbocycles. The summed E-state index contributed by atoms with van der Waals surface area (Å²) >= 11 is 0. The summed E-state index contributed by atoms with van der Waals surface area (Å²) in [7, 11) is 0. The van der Waals surface area contributed by atoms with E-state index in [1.165, 1.54) is 19.3 Å². The van der Waals surface area contributed by atoms with Gasteiger partial charge >= 0.3 is 0 Å². The lowest BCUT2D eigenvalue weighted by atomic mass is 9.65. The predicted octanol–water partition coefficient (Wildman–Crippen LogP) is 1.17. The molecule has 4 rings (SSSR count). The summed E-state index contributed by atoms with van der Waals surface area (Å²) in [5.74, 6) is 3.36. The van der Waals surface area contributed by atoms with Crippen molar-refractivity contribution in [3.05, 3.63) is 11.6 Å². The van der Waals surface area contributed by atoms with Crippen molar-refractivity contribution in [1.82, 2.24) is 20.1 Å². The molecule has 0 radical (unpaired) electrons. The molecule has 3 N–H and O–H groups in total. The highest BCUT2D eigenvalue weighted by atomic mass is 16.2. The van der Waals surface area contributed by atoms with Gasteiger partial charge in [-0.05, 0) is 50.9 Å². The second-order valence-electron chi connectivity index (χ2n) is 7.70. The van der Waals surface area contributed by atoms with Crippen molar-refractivity contribution in [2.45, 2.75) is 70.5 Å². The Kier molecular flexibility index (Phi) is 3.87. The second-order valence-corrected chi connectivity index (χ2v) is 7.70. The summed E-state index contributed by atoms with van der Waals surface area (Å²) in [6.45, 7) is 2.67. The minimum Gasteiger partial charge on any atom is -0.351 e. The predicted molar refractivity (Wildman–Crippen MR) is 86.5 cm³/mol. The lowest BCUT2D eigenvalue weighted by Gasteiger charge is -2.43. The van der Waals surface area contributed by atoms with Gasteiger partial charge in [0.2, 0.25) is 5.91 Å². The van der Waals surface area contributed by atoms with Crippen LogP contribution in [0.1, 0.15) is 50.2 Å². The summed E-state index contributed by atoms with van der Waals surface area (Å²) in [6.07, 6.45) is 7.50. The van der Waals surface area contributed by atoms with E-state index < -0.39 is 0 Å². The smallest absolute Gasteiger partial charge is 0.223 e. The molecular formula is C17H27N5O. The van der Waals surface area contributed by atoms with Crippen LogP contribution < -0.4 is 11.1 Å². The number of amides is 1. The summed E-state index contributed by atoms with van der Waals surface area (Å²) in [6, 6.07) is 0.509. The Balaban J connectivity index is 1.37. The Labute approximate surface area is 137 Å². The first kappa shape index (κ1) is 15.1. The third kappa shape index (κ3) is 2.89. The van der Waals surface area contributed by atoms with Crippen molar-refractivity contribution in [2.75, 3.05) is 0 Å². The van der Waals surface area contributed by atoms with Crippen LogP contribution in [-0.2, 0) is 17.8 Å². The molecule has 2 heterocycles. The number of aromatic nitrogens is 3. The molecule has 126 valence electrons. The summed E-state index contributed by atoms with van der Waals surface area (Å²) in [4.78, 5) is 17.2. The number of rotatable bonds is 2. The number of hydrogen-bond donors (Lipinski definition) is 2. The first-order chi connectivity index (χ1) is 11.1. The average molecular weight is 317 g/mol. The summed E-state index contributed by atoms with van der Waals surface area (Å²) < 4.78 is 1.95. The number of nitrogens with two attached hydrogens (primary N) is 1. The number of aryl methyl sites for hydroxylation is 2. The van der Waals surface area contributed by atoms with Gasteiger partial charge in [-0.1, -0.05) is 6.42 Å². The molecule has 1 aliphatic heterocycles. The number of nitrogens with one attached hydrogen (secondary N) is 1. The molecule has 2 fully saturated rings. The maximum absolute atomic E-state index is 12.7. The van der Waals surface area contributed by atoms with Crippen molar-refractivity contribution < 1.29 is 4.79 Å². The largest absolute Gasteiger partial charge is 0.351 e. The molecule has 2 bridgehead atoms. The number of hydrogen-bond acceptors (Lipinski definition) is 4. The molecule has 0 aromatic carbocycles. The molecule has 23 heavy (non-hydrogen) atoms. The van der Waals surface area contributed by atoms with E-state index in [9.17, 15) is 4.79 Å². The normalized spacial score (nSPS) is 36.3. The molecular weight excluding hydrogens is 290 g/mol. The number of carbonyl (C=O) groups excluding carboxylic acids is 1. The molecule has 6 heteroatoms. The standard InChI is InChI=1S/C17H27N5O/c1-10-19-15-6-5-14(9-22(15)21-10)20-17(23)13-7-11-3-2-4-12(8-13)16(11)18/h11-14,16H,2-9,18H2,1H3,(H,20,23). The fraction of sp³-hybridized carbons (Fsp3) is 0.824. The van der Waals surface area contributed by atoms with Gasteiger partial charge < -0.3 is 11.1 Å². The molecule has 0 spiro atoms. The number of nitrogens with zero attached hydrogens (tertiary/aromatic N) is 3. The van der Waals surface area contributed by atoms with Crippen LogP contribution in [0.2, 0.25) is 0 Å². The highest BCUT2D eigenvalue weighted by Crippen LogP contribution is 2.41. The zero-order valence-electron chi connectivity index (χ0n) is 13.9. The average Bonchev–Trinajstić information content (AvgIpc) is 2.86. The fourth-order valence-electron chi connectivity index (χ4n) is 4.87. The molecule has 1 aromatic heterocycles. The third-order valence-corrected chi connectivity index (χ3v) is 6.09. The molecule has 3 aliphatic rings. The zero-order chi connectivity index (χ0) is 16.0. The Morgan fingerprint density at radius 2 is 2.00 bits per heavy atom. The van der Waals surface area contributed by atoms with Gasteiger partial charge in [-0.3, -0.25) is 4.79 Å². The molecule has 1 aromatic rings. The van der Waals surface area contributed by atoms with Crippen LogP contribution in [0.3, 0.4) is 0 Å². The highest BCUT2D eigenvalue weighted by molar-refractivity contribution is 5.79. The number of carbonyl (C=O) groups is 1. The van der Waals surface area contributed by atoms with Gasteiger partial charge in [0.1, 0.15) is 11.6 Å². The number of fused-ring (bicyclic) bond motifs is 3. The fourth-order valence-corrected chi connectivity index (χ4v) is 4.87. The van der Waals surface area contributed by atoms with E-state index in [4.69, 9.17) is 5.73 Å². The van der Waals surface area contributed by atoms with Crippen molar-refractivity contribution in [3.8, 4) is 0 Å². The molecule has 6 nitrogen and oxygen atoms in total. The van der Waals surface area contributed by atoms with Crippen LogP contribution in [-0.4, -0.2) is 32.8 Å². The van der Waals surface area contributed by atoms with Crippen LogP contribution >= 0.6 is 0 Å². The van der Waals surface area contributed by atoms with E-state index in [0.29, 0.717) is 17.9 Å². The molecule has 1 amide bonds. The monoisotopic (exact) mass is 317 g/mol. The van der Waals surface area contributed by atoms with E-state index in [0.717, 1.165) is 43.9 Å². The maximum atomic E-state index is 12.7. The van der Waals surface area contributed by atoms with Gasteiger partial charge in [0, 0.05) is 24.4 Å². The first-order valence-corrected chi connectivity index (χ1v) is 9.06. The minimum absolute atomic E-state index is 0.156. The van der Waals surface area contributed by atoms with Crippen molar-refractivity contribution in [2.24, 2.45) is 23.5 Å². The Morgan fingerprint density at radius 3 is 2.74 bits per heavy atom. The molecule has 2 aliphatic carbocycles. The van der Waals surface area contributed by atoms with Gasteiger partial charge in [-0.15, -0.1) is 0 Å². The Hall–Kier alpha value is -1.43. The van der Waals surface area contributed by atoms with Gasteiger partial charge in [0.05, 0.1) is 6.54 Å². The SMILES string of the molecule is Cc1nc2n(n1)CC(NC(=O)C1CC3CCCC(C1)C3N)CC2. The molecule has 3 unspecified atom stereocenters. The van der Waals surface area contributed by atoms with Crippen LogP contribution in [0.25, 0.3) is 0 Å². The Bertz CT molecular complexity index is 584. The van der Waals surface area contributed by atoms with E-state index in [2.05, 4.69) is 15.4 Å².